The summed E-state index contributed by atoms with van der Waals surface area (Å²) in [6.45, 7) is 2.87. The molecule has 1 aromatic heterocycles. The molecule has 1 aromatic carbocycles. The lowest BCUT2D eigenvalue weighted by atomic mass is 10.0. The second-order valence-corrected chi connectivity index (χ2v) is 6.41. The predicted octanol–water partition coefficient (Wildman–Crippen LogP) is 3.25. The molecule has 0 radical (unpaired) electrons. The van der Waals surface area contributed by atoms with Crippen molar-refractivity contribution < 1.29 is 4.84 Å². The van der Waals surface area contributed by atoms with Gasteiger partial charge in [0.05, 0.1) is 6.20 Å². The van der Waals surface area contributed by atoms with Crippen LogP contribution >= 0.6 is 0 Å². The molecule has 146 valence electrons. The zero-order valence-electron chi connectivity index (χ0n) is 15.7. The van der Waals surface area contributed by atoms with Gasteiger partial charge in [0, 0.05) is 12.2 Å². The van der Waals surface area contributed by atoms with Gasteiger partial charge in [0.2, 0.25) is 5.75 Å². The van der Waals surface area contributed by atoms with E-state index in [9.17, 15) is 0 Å². The fourth-order valence-corrected chi connectivity index (χ4v) is 3.34. The molecule has 0 unspecified atom stereocenters. The quantitative estimate of drug-likeness (QED) is 0.256. The van der Waals surface area contributed by atoms with Gasteiger partial charge in [-0.25, -0.2) is 15.4 Å². The van der Waals surface area contributed by atoms with E-state index in [1.807, 2.05) is 6.07 Å². The normalized spacial score (nSPS) is 13.4. The topological polar surface area (TPSA) is 145 Å². The van der Waals surface area contributed by atoms with Crippen LogP contribution in [-0.2, 0) is 13.0 Å². The molecule has 28 heavy (non-hydrogen) atoms. The number of rotatable bonds is 9. The van der Waals surface area contributed by atoms with E-state index in [2.05, 4.69) is 55.9 Å². The molecule has 1 aliphatic rings. The minimum Gasteiger partial charge on any atom is -0.406 e. The summed E-state index contributed by atoms with van der Waals surface area (Å²) in [6, 6.07) is 8.37. The summed E-state index contributed by atoms with van der Waals surface area (Å²) in [5.74, 6) is 5.71. The number of hydrogen-bond donors (Lipinski definition) is 5. The van der Waals surface area contributed by atoms with Crippen LogP contribution in [-0.4, -0.2) is 15.7 Å². The number of anilines is 1. The first-order chi connectivity index (χ1) is 13.7. The van der Waals surface area contributed by atoms with E-state index in [0.717, 1.165) is 43.5 Å². The zero-order chi connectivity index (χ0) is 19.9. The number of allylic oxidation sites excluding steroid dienone is 2. The first-order valence-electron chi connectivity index (χ1n) is 9.16. The summed E-state index contributed by atoms with van der Waals surface area (Å²) in [5, 5.41) is 15.2. The van der Waals surface area contributed by atoms with Gasteiger partial charge in [0.15, 0.2) is 11.6 Å². The second-order valence-electron chi connectivity index (χ2n) is 6.41. The van der Waals surface area contributed by atoms with Crippen LogP contribution in [0.4, 0.5) is 5.82 Å². The largest absolute Gasteiger partial charge is 0.406 e. The smallest absolute Gasteiger partial charge is 0.209 e. The highest BCUT2D eigenvalue weighted by Crippen LogP contribution is 2.28. The monoisotopic (exact) mass is 380 g/mol. The van der Waals surface area contributed by atoms with E-state index in [4.69, 9.17) is 16.8 Å². The maximum absolute atomic E-state index is 8.58. The highest BCUT2D eigenvalue weighted by molar-refractivity contribution is 6.09. The zero-order valence-corrected chi connectivity index (χ0v) is 15.7. The SMILES string of the molecule is CCc1ccccc1CNC1=C(C(=N)c2ncc(ON)c(NN=N)n2)CCC1. The van der Waals surface area contributed by atoms with Crippen molar-refractivity contribution >= 4 is 11.5 Å². The first kappa shape index (κ1) is 19.4. The van der Waals surface area contributed by atoms with Crippen LogP contribution in [0.3, 0.4) is 0 Å². The molecular weight excluding hydrogens is 356 g/mol. The number of nitrogens with one attached hydrogen (secondary N) is 4. The molecule has 0 bridgehead atoms. The summed E-state index contributed by atoms with van der Waals surface area (Å²) in [6.07, 6.45) is 5.01. The van der Waals surface area contributed by atoms with Crippen LogP contribution in [0, 0.1) is 10.9 Å². The lowest BCUT2D eigenvalue weighted by Gasteiger charge is -2.14. The van der Waals surface area contributed by atoms with Gasteiger partial charge >= 0.3 is 0 Å². The van der Waals surface area contributed by atoms with Crippen LogP contribution < -0.4 is 21.5 Å². The molecule has 0 atom stereocenters. The Morgan fingerprint density at radius 1 is 1.29 bits per heavy atom. The Hall–Kier alpha value is -3.33. The average molecular weight is 380 g/mol. The molecule has 2 aromatic rings. The van der Waals surface area contributed by atoms with E-state index >= 15 is 0 Å². The standard InChI is InChI=1S/C19H24N8O/c1-2-12-6-3-4-7-13(12)10-23-15-9-5-8-14(15)17(20)19-24-11-16(28-22)18(25-19)26-27-21/h3-4,6-7,11,20,23H,2,5,8-10,22H2,1H3,(H2,21,24,25,26). The van der Waals surface area contributed by atoms with Crippen LogP contribution in [0.5, 0.6) is 5.75 Å². The third-order valence-corrected chi connectivity index (χ3v) is 4.78. The van der Waals surface area contributed by atoms with E-state index in [0.29, 0.717) is 0 Å². The third-order valence-electron chi connectivity index (χ3n) is 4.78. The Bertz CT molecular complexity index is 909. The molecule has 0 spiro atoms. The van der Waals surface area contributed by atoms with Crippen molar-refractivity contribution in [1.82, 2.24) is 15.3 Å². The summed E-state index contributed by atoms with van der Waals surface area (Å²) >= 11 is 0. The molecule has 1 aliphatic carbocycles. The van der Waals surface area contributed by atoms with Gasteiger partial charge in [-0.05, 0) is 42.4 Å². The molecule has 0 aliphatic heterocycles. The molecule has 3 rings (SSSR count). The van der Waals surface area contributed by atoms with Gasteiger partial charge in [0.1, 0.15) is 5.71 Å². The Morgan fingerprint density at radius 3 is 2.79 bits per heavy atom. The molecule has 1 heterocycles. The van der Waals surface area contributed by atoms with Gasteiger partial charge < -0.3 is 10.2 Å². The van der Waals surface area contributed by atoms with Crippen molar-refractivity contribution in [2.75, 3.05) is 5.43 Å². The second kappa shape index (κ2) is 9.05. The van der Waals surface area contributed by atoms with Crippen molar-refractivity contribution in [2.24, 2.45) is 11.1 Å². The Labute approximate surface area is 163 Å². The Kier molecular flexibility index (Phi) is 6.28. The number of hydrogen-bond acceptors (Lipinski definition) is 8. The van der Waals surface area contributed by atoms with E-state index in [-0.39, 0.29) is 23.1 Å². The summed E-state index contributed by atoms with van der Waals surface area (Å²) in [5.41, 5.74) is 14.1. The maximum atomic E-state index is 8.58. The lowest BCUT2D eigenvalue weighted by molar-refractivity contribution is 0.333. The summed E-state index contributed by atoms with van der Waals surface area (Å²) in [4.78, 5) is 13.1. The van der Waals surface area contributed by atoms with Gasteiger partial charge in [-0.15, -0.1) is 0 Å². The van der Waals surface area contributed by atoms with E-state index in [1.54, 1.807) is 0 Å². The minimum absolute atomic E-state index is 0.150. The van der Waals surface area contributed by atoms with Crippen molar-refractivity contribution in [1.29, 1.82) is 10.9 Å². The molecule has 0 saturated carbocycles. The van der Waals surface area contributed by atoms with E-state index < -0.39 is 0 Å². The van der Waals surface area contributed by atoms with Crippen molar-refractivity contribution in [3.63, 3.8) is 0 Å². The maximum Gasteiger partial charge on any atom is 0.209 e. The highest BCUT2D eigenvalue weighted by Gasteiger charge is 2.22. The third kappa shape index (κ3) is 4.15. The van der Waals surface area contributed by atoms with E-state index in [1.165, 1.54) is 17.3 Å². The molecule has 9 nitrogen and oxygen atoms in total. The lowest BCUT2D eigenvalue weighted by Crippen LogP contribution is -2.18. The molecular formula is C19H24N8O. The minimum atomic E-state index is 0.150. The molecule has 0 saturated heterocycles. The molecule has 0 fully saturated rings. The van der Waals surface area contributed by atoms with Crippen molar-refractivity contribution in [3.05, 3.63) is 58.7 Å². The average Bonchev–Trinajstić information content (AvgIpc) is 3.20. The number of aromatic nitrogens is 2. The van der Waals surface area contributed by atoms with Crippen molar-refractivity contribution in [3.8, 4) is 5.75 Å². The Morgan fingerprint density at radius 2 is 2.07 bits per heavy atom. The summed E-state index contributed by atoms with van der Waals surface area (Å²) in [7, 11) is 0. The van der Waals surface area contributed by atoms with Crippen LogP contribution in [0.25, 0.3) is 0 Å². The number of benzene rings is 1. The van der Waals surface area contributed by atoms with Gasteiger partial charge in [-0.1, -0.05) is 36.4 Å². The van der Waals surface area contributed by atoms with Crippen molar-refractivity contribution in [2.45, 2.75) is 39.2 Å². The number of nitrogens with zero attached hydrogens (tertiary/aromatic N) is 3. The van der Waals surface area contributed by atoms with Crippen LogP contribution in [0.2, 0.25) is 0 Å². The van der Waals surface area contributed by atoms with Gasteiger partial charge in [-0.2, -0.15) is 11.4 Å². The predicted molar refractivity (Wildman–Crippen MR) is 106 cm³/mol. The van der Waals surface area contributed by atoms with Crippen LogP contribution in [0.1, 0.15) is 43.1 Å². The fraction of sp³-hybridized carbons (Fsp3) is 0.316. The fourth-order valence-electron chi connectivity index (χ4n) is 3.34. The molecule has 6 N–H and O–H groups in total. The summed E-state index contributed by atoms with van der Waals surface area (Å²) < 4.78 is 0. The van der Waals surface area contributed by atoms with Gasteiger partial charge in [0.25, 0.3) is 0 Å². The molecule has 9 heteroatoms. The number of aryl methyl sites for hydroxylation is 1. The number of nitrogens with two attached hydrogens (primary N) is 1. The van der Waals surface area contributed by atoms with Crippen LogP contribution in [0.15, 0.2) is 47.0 Å². The Balaban J connectivity index is 1.81. The first-order valence-corrected chi connectivity index (χ1v) is 9.16. The van der Waals surface area contributed by atoms with Gasteiger partial charge in [-0.3, -0.25) is 5.41 Å². The molecule has 0 amide bonds. The highest BCUT2D eigenvalue weighted by atomic mass is 16.6.